The van der Waals surface area contributed by atoms with E-state index in [9.17, 15) is 4.79 Å². The van der Waals surface area contributed by atoms with Gasteiger partial charge >= 0.3 is 0 Å². The maximum atomic E-state index is 12.3. The molecule has 0 radical (unpaired) electrons. The fourth-order valence-electron chi connectivity index (χ4n) is 2.58. The van der Waals surface area contributed by atoms with Gasteiger partial charge in [-0.3, -0.25) is 9.79 Å². The largest absolute Gasteiger partial charge is 0.356 e. The molecule has 0 saturated heterocycles. The molecule has 0 bridgehead atoms. The van der Waals surface area contributed by atoms with Gasteiger partial charge < -0.3 is 15.5 Å². The van der Waals surface area contributed by atoms with Gasteiger partial charge in [0, 0.05) is 39.6 Å². The number of hydrogen-bond donors (Lipinski definition) is 2. The van der Waals surface area contributed by atoms with Crippen molar-refractivity contribution in [3.8, 4) is 0 Å². The normalized spacial score (nSPS) is 13.3. The Kier molecular flexibility index (Phi) is 8.98. The third-order valence-electron chi connectivity index (χ3n) is 3.82. The summed E-state index contributed by atoms with van der Waals surface area (Å²) in [4.78, 5) is 18.3. The first kappa shape index (κ1) is 19.7. The van der Waals surface area contributed by atoms with Gasteiger partial charge in [0.1, 0.15) is 0 Å². The Morgan fingerprint density at radius 3 is 2.35 bits per heavy atom. The zero-order valence-corrected chi connectivity index (χ0v) is 16.3. The highest BCUT2D eigenvalue weighted by Gasteiger charge is 2.22. The smallest absolute Gasteiger partial charge is 0.223 e. The van der Waals surface area contributed by atoms with Crippen LogP contribution in [0.3, 0.4) is 0 Å². The highest BCUT2D eigenvalue weighted by molar-refractivity contribution is 14.0. The van der Waals surface area contributed by atoms with E-state index in [0.29, 0.717) is 6.42 Å². The third-order valence-corrected chi connectivity index (χ3v) is 3.82. The van der Waals surface area contributed by atoms with Gasteiger partial charge in [-0.05, 0) is 24.0 Å². The molecule has 0 saturated carbocycles. The Labute approximate surface area is 156 Å². The highest BCUT2D eigenvalue weighted by atomic mass is 127. The second kappa shape index (κ2) is 10.5. The number of halogens is 1. The van der Waals surface area contributed by atoms with E-state index >= 15 is 0 Å². The minimum Gasteiger partial charge on any atom is -0.356 e. The molecule has 1 aliphatic heterocycles. The van der Waals surface area contributed by atoms with Crippen LogP contribution in [0.1, 0.15) is 37.3 Å². The van der Waals surface area contributed by atoms with E-state index in [-0.39, 0.29) is 29.9 Å². The van der Waals surface area contributed by atoms with Gasteiger partial charge in [0.15, 0.2) is 5.96 Å². The summed E-state index contributed by atoms with van der Waals surface area (Å²) in [7, 11) is 1.76. The molecule has 1 aromatic carbocycles. The molecular weight excluding hydrogens is 403 g/mol. The lowest BCUT2D eigenvalue weighted by Crippen LogP contribution is -2.38. The Morgan fingerprint density at radius 2 is 1.78 bits per heavy atom. The number of nitrogens with one attached hydrogen (secondary N) is 2. The van der Waals surface area contributed by atoms with Crippen LogP contribution < -0.4 is 10.6 Å². The summed E-state index contributed by atoms with van der Waals surface area (Å²) in [6.07, 6.45) is 2.46. The Morgan fingerprint density at radius 1 is 1.17 bits per heavy atom. The fourth-order valence-corrected chi connectivity index (χ4v) is 2.58. The van der Waals surface area contributed by atoms with Gasteiger partial charge in [0.2, 0.25) is 5.91 Å². The second-order valence-electron chi connectivity index (χ2n) is 5.55. The van der Waals surface area contributed by atoms with Crippen molar-refractivity contribution in [1.82, 2.24) is 15.5 Å². The molecule has 5 nitrogen and oxygen atoms in total. The first-order chi connectivity index (χ1) is 10.7. The second-order valence-corrected chi connectivity index (χ2v) is 5.55. The van der Waals surface area contributed by atoms with Crippen molar-refractivity contribution < 1.29 is 4.79 Å². The number of amides is 1. The van der Waals surface area contributed by atoms with Crippen molar-refractivity contribution in [2.45, 2.75) is 39.3 Å². The van der Waals surface area contributed by atoms with Crippen LogP contribution >= 0.6 is 24.0 Å². The van der Waals surface area contributed by atoms with E-state index < -0.39 is 0 Å². The fraction of sp³-hybridized carbons (Fsp3) is 0.529. The van der Waals surface area contributed by atoms with Crippen LogP contribution in [-0.4, -0.2) is 36.9 Å². The zero-order chi connectivity index (χ0) is 15.8. The summed E-state index contributed by atoms with van der Waals surface area (Å²) in [5.41, 5.74) is 2.55. The summed E-state index contributed by atoms with van der Waals surface area (Å²) < 4.78 is 0. The van der Waals surface area contributed by atoms with Crippen molar-refractivity contribution in [3.63, 3.8) is 0 Å². The zero-order valence-electron chi connectivity index (χ0n) is 14.0. The van der Waals surface area contributed by atoms with Gasteiger partial charge in [-0.25, -0.2) is 0 Å². The predicted octanol–water partition coefficient (Wildman–Crippen LogP) is 2.50. The van der Waals surface area contributed by atoms with E-state index in [0.717, 1.165) is 45.0 Å². The van der Waals surface area contributed by atoms with Crippen molar-refractivity contribution in [3.05, 3.63) is 35.4 Å². The molecule has 1 amide bonds. The Hall–Kier alpha value is -1.31. The molecule has 0 aromatic heterocycles. The summed E-state index contributed by atoms with van der Waals surface area (Å²) in [6, 6.07) is 8.28. The molecule has 1 heterocycles. The van der Waals surface area contributed by atoms with Gasteiger partial charge in [-0.15, -0.1) is 24.0 Å². The maximum Gasteiger partial charge on any atom is 0.223 e. The summed E-state index contributed by atoms with van der Waals surface area (Å²) in [5, 5.41) is 6.45. The molecule has 128 valence electrons. The number of hydrogen-bond acceptors (Lipinski definition) is 2. The van der Waals surface area contributed by atoms with Crippen LogP contribution in [-0.2, 0) is 17.9 Å². The molecular formula is C17H27IN4O. The highest BCUT2D eigenvalue weighted by Crippen LogP contribution is 2.22. The Balaban J connectivity index is 0.00000264. The minimum absolute atomic E-state index is 0. The molecule has 0 atom stereocenters. The van der Waals surface area contributed by atoms with Crippen LogP contribution in [0.15, 0.2) is 29.3 Å². The first-order valence-electron chi connectivity index (χ1n) is 8.03. The molecule has 6 heteroatoms. The van der Waals surface area contributed by atoms with Crippen LogP contribution in [0.2, 0.25) is 0 Å². The van der Waals surface area contributed by atoms with Gasteiger partial charge in [-0.2, -0.15) is 0 Å². The number of rotatable bonds is 6. The van der Waals surface area contributed by atoms with Crippen molar-refractivity contribution >= 4 is 35.8 Å². The van der Waals surface area contributed by atoms with Gasteiger partial charge in [-0.1, -0.05) is 31.2 Å². The van der Waals surface area contributed by atoms with Crippen molar-refractivity contribution in [1.29, 1.82) is 0 Å². The molecule has 0 spiro atoms. The lowest BCUT2D eigenvalue weighted by atomic mass is 10.1. The number of carbonyl (C=O) groups is 1. The monoisotopic (exact) mass is 430 g/mol. The van der Waals surface area contributed by atoms with Gasteiger partial charge in [0.05, 0.1) is 0 Å². The minimum atomic E-state index is 0. The average Bonchev–Trinajstić information content (AvgIpc) is 2.98. The molecule has 2 rings (SSSR count). The van der Waals surface area contributed by atoms with E-state index in [1.54, 1.807) is 7.05 Å². The quantitative estimate of drug-likeness (QED) is 0.316. The molecule has 1 aromatic rings. The molecule has 0 fully saturated rings. The third kappa shape index (κ3) is 6.01. The predicted molar refractivity (Wildman–Crippen MR) is 105 cm³/mol. The van der Waals surface area contributed by atoms with Crippen molar-refractivity contribution in [2.75, 3.05) is 20.1 Å². The molecule has 23 heavy (non-hydrogen) atoms. The summed E-state index contributed by atoms with van der Waals surface area (Å²) >= 11 is 0. The molecule has 1 aliphatic rings. The van der Waals surface area contributed by atoms with E-state index in [2.05, 4.69) is 34.7 Å². The number of fused-ring (bicyclic) bond motifs is 1. The summed E-state index contributed by atoms with van der Waals surface area (Å²) in [5.74, 6) is 1.04. The van der Waals surface area contributed by atoms with Crippen LogP contribution in [0.5, 0.6) is 0 Å². The SMILES string of the molecule is CCCNC(=NC)NCCCC(=O)N1Cc2ccccc2C1.I. The van der Waals surface area contributed by atoms with Gasteiger partial charge in [0.25, 0.3) is 0 Å². The Bertz CT molecular complexity index is 508. The number of aliphatic imine (C=N–C) groups is 1. The molecule has 0 aliphatic carbocycles. The lowest BCUT2D eigenvalue weighted by molar-refractivity contribution is -0.131. The van der Waals surface area contributed by atoms with E-state index in [1.807, 2.05) is 17.0 Å². The maximum absolute atomic E-state index is 12.3. The van der Waals surface area contributed by atoms with Crippen LogP contribution in [0.4, 0.5) is 0 Å². The van der Waals surface area contributed by atoms with Crippen LogP contribution in [0.25, 0.3) is 0 Å². The molecule has 2 N–H and O–H groups in total. The standard InChI is InChI=1S/C17H26N4O.HI/c1-3-10-19-17(18-2)20-11-6-9-16(22)21-12-14-7-4-5-8-15(14)13-21;/h4-5,7-8H,3,6,9-13H2,1-2H3,(H2,18,19,20);1H. The number of benzene rings is 1. The number of guanidine groups is 1. The van der Waals surface area contributed by atoms with Crippen molar-refractivity contribution in [2.24, 2.45) is 4.99 Å². The number of nitrogens with zero attached hydrogens (tertiary/aromatic N) is 2. The van der Waals surface area contributed by atoms with Crippen LogP contribution in [0, 0.1) is 0 Å². The number of carbonyl (C=O) groups excluding carboxylic acids is 1. The molecule has 0 unspecified atom stereocenters. The average molecular weight is 430 g/mol. The lowest BCUT2D eigenvalue weighted by Gasteiger charge is -2.16. The van der Waals surface area contributed by atoms with E-state index in [4.69, 9.17) is 0 Å². The summed E-state index contributed by atoms with van der Waals surface area (Å²) in [6.45, 7) is 5.29. The topological polar surface area (TPSA) is 56.7 Å². The first-order valence-corrected chi connectivity index (χ1v) is 8.03. The van der Waals surface area contributed by atoms with E-state index in [1.165, 1.54) is 11.1 Å².